The minimum atomic E-state index is -0.328. The number of nitrogens with one attached hydrogen (secondary N) is 2. The number of rotatable bonds is 5. The van der Waals surface area contributed by atoms with E-state index in [0.29, 0.717) is 29.0 Å². The van der Waals surface area contributed by atoms with Crippen LogP contribution in [0, 0.1) is 0 Å². The lowest BCUT2D eigenvalue weighted by molar-refractivity contribution is 0.0977. The standard InChI is InChI=1S/C22H26ClN3O2S/c1-3-28-20-12-7-16(14-19(20)23)21(27)25-22(29)24-17-8-10-18(11-9-17)26-13-5-4-6-15(26)2/h7-12,14-15H,3-6,13H2,1-2H3,(H2,24,25,27,29). The molecule has 2 N–H and O–H groups in total. The summed E-state index contributed by atoms with van der Waals surface area (Å²) in [6.07, 6.45) is 3.76. The second kappa shape index (κ2) is 9.94. The molecule has 2 aromatic rings. The number of carbonyl (C=O) groups is 1. The molecule has 0 aromatic heterocycles. The van der Waals surface area contributed by atoms with Crippen LogP contribution in [0.25, 0.3) is 0 Å². The number of anilines is 2. The van der Waals surface area contributed by atoms with E-state index in [1.165, 1.54) is 24.9 Å². The van der Waals surface area contributed by atoms with Gasteiger partial charge in [0.25, 0.3) is 5.91 Å². The zero-order valence-corrected chi connectivity index (χ0v) is 18.3. The summed E-state index contributed by atoms with van der Waals surface area (Å²) in [5.41, 5.74) is 2.45. The summed E-state index contributed by atoms with van der Waals surface area (Å²) >= 11 is 11.4. The number of benzene rings is 2. The molecule has 2 aromatic carbocycles. The Morgan fingerprint density at radius 2 is 2.00 bits per heavy atom. The van der Waals surface area contributed by atoms with Crippen LogP contribution in [0.5, 0.6) is 5.75 Å². The molecule has 0 saturated carbocycles. The molecule has 1 aliphatic rings. The SMILES string of the molecule is CCOc1ccc(C(=O)NC(=S)Nc2ccc(N3CCCCC3C)cc2)cc1Cl. The van der Waals surface area contributed by atoms with E-state index in [4.69, 9.17) is 28.6 Å². The number of nitrogens with zero attached hydrogens (tertiary/aromatic N) is 1. The fourth-order valence-corrected chi connectivity index (χ4v) is 3.92. The molecule has 3 rings (SSSR count). The Labute approximate surface area is 182 Å². The van der Waals surface area contributed by atoms with E-state index in [2.05, 4.69) is 34.6 Å². The predicted molar refractivity (Wildman–Crippen MR) is 123 cm³/mol. The van der Waals surface area contributed by atoms with E-state index in [1.807, 2.05) is 19.1 Å². The third-order valence-electron chi connectivity index (χ3n) is 4.98. The molecule has 1 unspecified atom stereocenters. The molecule has 1 aliphatic heterocycles. The number of hydrogen-bond acceptors (Lipinski definition) is 4. The first-order valence-corrected chi connectivity index (χ1v) is 10.7. The predicted octanol–water partition coefficient (Wildman–Crippen LogP) is 5.24. The number of piperidine rings is 1. The minimum absolute atomic E-state index is 0.235. The van der Waals surface area contributed by atoms with Crippen molar-refractivity contribution in [1.82, 2.24) is 5.32 Å². The second-order valence-corrected chi connectivity index (χ2v) is 7.89. The molecule has 0 bridgehead atoms. The quantitative estimate of drug-likeness (QED) is 0.633. The Hall–Kier alpha value is -2.31. The highest BCUT2D eigenvalue weighted by Gasteiger charge is 2.18. The molecule has 7 heteroatoms. The lowest BCUT2D eigenvalue weighted by atomic mass is 10.0. The first-order chi connectivity index (χ1) is 14.0. The Morgan fingerprint density at radius 3 is 2.66 bits per heavy atom. The van der Waals surface area contributed by atoms with Crippen LogP contribution in [0.15, 0.2) is 42.5 Å². The zero-order chi connectivity index (χ0) is 20.8. The van der Waals surface area contributed by atoms with Gasteiger partial charge in [-0.25, -0.2) is 0 Å². The maximum Gasteiger partial charge on any atom is 0.257 e. The van der Waals surface area contributed by atoms with E-state index < -0.39 is 0 Å². The van der Waals surface area contributed by atoms with E-state index >= 15 is 0 Å². The monoisotopic (exact) mass is 431 g/mol. The molecule has 1 amide bonds. The van der Waals surface area contributed by atoms with Gasteiger partial charge in [-0.2, -0.15) is 0 Å². The van der Waals surface area contributed by atoms with Gasteiger partial charge in [-0.3, -0.25) is 10.1 Å². The number of carbonyl (C=O) groups excluding carboxylic acids is 1. The van der Waals surface area contributed by atoms with Crippen molar-refractivity contribution in [2.24, 2.45) is 0 Å². The van der Waals surface area contributed by atoms with Crippen LogP contribution in [0.2, 0.25) is 5.02 Å². The number of amides is 1. The maximum absolute atomic E-state index is 12.4. The fraction of sp³-hybridized carbons (Fsp3) is 0.364. The summed E-state index contributed by atoms with van der Waals surface area (Å²) in [5.74, 6) is 0.223. The van der Waals surface area contributed by atoms with Crippen molar-refractivity contribution in [2.75, 3.05) is 23.4 Å². The Morgan fingerprint density at radius 1 is 1.24 bits per heavy atom. The third-order valence-corrected chi connectivity index (χ3v) is 5.48. The van der Waals surface area contributed by atoms with Crippen molar-refractivity contribution in [3.05, 3.63) is 53.1 Å². The molecule has 5 nitrogen and oxygen atoms in total. The summed E-state index contributed by atoms with van der Waals surface area (Å²) in [6, 6.07) is 13.6. The van der Waals surface area contributed by atoms with E-state index in [-0.39, 0.29) is 11.0 Å². The molecule has 154 valence electrons. The summed E-state index contributed by atoms with van der Waals surface area (Å²) in [7, 11) is 0. The average Bonchev–Trinajstić information content (AvgIpc) is 2.70. The molecule has 1 atom stereocenters. The largest absolute Gasteiger partial charge is 0.492 e. The van der Waals surface area contributed by atoms with Crippen LogP contribution in [0.1, 0.15) is 43.5 Å². The van der Waals surface area contributed by atoms with E-state index in [9.17, 15) is 4.79 Å². The number of ether oxygens (including phenoxy) is 1. The molecule has 29 heavy (non-hydrogen) atoms. The van der Waals surface area contributed by atoms with Crippen LogP contribution < -0.4 is 20.3 Å². The van der Waals surface area contributed by atoms with Gasteiger partial charge in [0.1, 0.15) is 5.75 Å². The molecule has 1 fully saturated rings. The van der Waals surface area contributed by atoms with Crippen molar-refractivity contribution in [1.29, 1.82) is 0 Å². The molecular weight excluding hydrogens is 406 g/mol. The highest BCUT2D eigenvalue weighted by Crippen LogP contribution is 2.26. The molecule has 0 aliphatic carbocycles. The fourth-order valence-electron chi connectivity index (χ4n) is 3.47. The first-order valence-electron chi connectivity index (χ1n) is 9.89. The van der Waals surface area contributed by atoms with Gasteiger partial charge < -0.3 is 15.0 Å². The summed E-state index contributed by atoms with van der Waals surface area (Å²) in [4.78, 5) is 14.9. The van der Waals surface area contributed by atoms with Gasteiger partial charge in [0, 0.05) is 29.5 Å². The topological polar surface area (TPSA) is 53.6 Å². The van der Waals surface area contributed by atoms with Crippen LogP contribution in [-0.2, 0) is 0 Å². The lowest BCUT2D eigenvalue weighted by Gasteiger charge is -2.35. The van der Waals surface area contributed by atoms with Gasteiger partial charge >= 0.3 is 0 Å². The van der Waals surface area contributed by atoms with Crippen LogP contribution in [0.3, 0.4) is 0 Å². The number of halogens is 1. The lowest BCUT2D eigenvalue weighted by Crippen LogP contribution is -2.37. The summed E-state index contributed by atoms with van der Waals surface area (Å²) in [6.45, 7) is 5.74. The van der Waals surface area contributed by atoms with E-state index in [1.54, 1.807) is 18.2 Å². The maximum atomic E-state index is 12.4. The number of thiocarbonyl (C=S) groups is 1. The minimum Gasteiger partial charge on any atom is -0.492 e. The van der Waals surface area contributed by atoms with Crippen LogP contribution in [0.4, 0.5) is 11.4 Å². The first kappa shape index (κ1) is 21.4. The Kier molecular flexibility index (Phi) is 7.34. The van der Waals surface area contributed by atoms with Gasteiger partial charge in [-0.1, -0.05) is 11.6 Å². The Balaban J connectivity index is 1.57. The number of hydrogen-bond donors (Lipinski definition) is 2. The molecule has 0 spiro atoms. The van der Waals surface area contributed by atoms with Gasteiger partial charge in [-0.05, 0) is 87.8 Å². The Bertz CT molecular complexity index is 873. The van der Waals surface area contributed by atoms with Gasteiger partial charge in [0.2, 0.25) is 0 Å². The van der Waals surface area contributed by atoms with E-state index in [0.717, 1.165) is 12.2 Å². The smallest absolute Gasteiger partial charge is 0.257 e. The van der Waals surface area contributed by atoms with Crippen molar-refractivity contribution in [2.45, 2.75) is 39.2 Å². The molecule has 1 heterocycles. The zero-order valence-electron chi connectivity index (χ0n) is 16.7. The highest BCUT2D eigenvalue weighted by atomic mass is 35.5. The van der Waals surface area contributed by atoms with Crippen molar-refractivity contribution in [3.8, 4) is 5.75 Å². The molecule has 0 radical (unpaired) electrons. The van der Waals surface area contributed by atoms with Crippen molar-refractivity contribution < 1.29 is 9.53 Å². The van der Waals surface area contributed by atoms with Crippen molar-refractivity contribution >= 4 is 46.2 Å². The summed E-state index contributed by atoms with van der Waals surface area (Å²) < 4.78 is 5.39. The normalized spacial score (nSPS) is 16.2. The van der Waals surface area contributed by atoms with Crippen LogP contribution >= 0.6 is 23.8 Å². The third kappa shape index (κ3) is 5.61. The second-order valence-electron chi connectivity index (χ2n) is 7.07. The van der Waals surface area contributed by atoms with Gasteiger partial charge in [0.15, 0.2) is 5.11 Å². The van der Waals surface area contributed by atoms with Gasteiger partial charge in [-0.15, -0.1) is 0 Å². The van der Waals surface area contributed by atoms with Crippen LogP contribution in [-0.4, -0.2) is 30.2 Å². The highest BCUT2D eigenvalue weighted by molar-refractivity contribution is 7.80. The van der Waals surface area contributed by atoms with Crippen molar-refractivity contribution in [3.63, 3.8) is 0 Å². The molecule has 1 saturated heterocycles. The van der Waals surface area contributed by atoms with Gasteiger partial charge in [0.05, 0.1) is 11.6 Å². The average molecular weight is 432 g/mol. The molecular formula is C22H26ClN3O2S. The summed E-state index contributed by atoms with van der Waals surface area (Å²) in [5, 5.41) is 6.36.